The second-order valence-corrected chi connectivity index (χ2v) is 5.86. The third-order valence-electron chi connectivity index (χ3n) is 4.01. The van der Waals surface area contributed by atoms with Crippen LogP contribution in [0.15, 0.2) is 60.7 Å². The molecule has 0 aromatic heterocycles. The normalized spacial score (nSPS) is 17.2. The number of halogens is 1. The Bertz CT molecular complexity index is 874. The molecular weight excluding hydrogens is 333 g/mol. The number of hydrogen-bond donors (Lipinski definition) is 0. The van der Waals surface area contributed by atoms with E-state index in [1.54, 1.807) is 18.2 Å². The molecule has 1 heterocycles. The van der Waals surface area contributed by atoms with E-state index in [1.165, 1.54) is 24.3 Å². The Balaban J connectivity index is 1.82. The second-order valence-electron chi connectivity index (χ2n) is 5.86. The maximum atomic E-state index is 13.7. The highest BCUT2D eigenvalue weighted by atomic mass is 19.1. The molecule has 2 amide bonds. The third-order valence-corrected chi connectivity index (χ3v) is 4.01. The molecule has 5 heteroatoms. The van der Waals surface area contributed by atoms with Crippen LogP contribution in [0, 0.1) is 5.82 Å². The van der Waals surface area contributed by atoms with E-state index in [4.69, 9.17) is 4.74 Å². The molecule has 1 atom stereocenters. The Hall–Kier alpha value is -3.21. The summed E-state index contributed by atoms with van der Waals surface area (Å²) in [6.45, 7) is 1.96. The van der Waals surface area contributed by atoms with Crippen LogP contribution in [0.4, 0.5) is 9.18 Å². The molecule has 1 aliphatic rings. The van der Waals surface area contributed by atoms with E-state index in [-0.39, 0.29) is 6.61 Å². The Morgan fingerprint density at radius 3 is 2.54 bits per heavy atom. The highest BCUT2D eigenvalue weighted by Gasteiger charge is 2.37. The zero-order valence-corrected chi connectivity index (χ0v) is 14.3. The van der Waals surface area contributed by atoms with Crippen LogP contribution >= 0.6 is 0 Å². The summed E-state index contributed by atoms with van der Waals surface area (Å²) >= 11 is 0. The van der Waals surface area contributed by atoms with Crippen LogP contribution in [0.3, 0.4) is 0 Å². The predicted octanol–water partition coefficient (Wildman–Crippen LogP) is 4.59. The van der Waals surface area contributed by atoms with Crippen LogP contribution < -0.4 is 0 Å². The lowest BCUT2D eigenvalue weighted by Crippen LogP contribution is -2.32. The molecule has 1 saturated heterocycles. The predicted molar refractivity (Wildman–Crippen MR) is 97.5 cm³/mol. The first kappa shape index (κ1) is 17.6. The van der Waals surface area contributed by atoms with E-state index in [0.717, 1.165) is 10.5 Å². The van der Waals surface area contributed by atoms with Crippen molar-refractivity contribution in [2.45, 2.75) is 13.0 Å². The Morgan fingerprint density at radius 1 is 1.15 bits per heavy atom. The summed E-state index contributed by atoms with van der Waals surface area (Å²) in [4.78, 5) is 25.6. The van der Waals surface area contributed by atoms with Gasteiger partial charge in [0.25, 0.3) is 5.91 Å². The molecule has 1 fully saturated rings. The van der Waals surface area contributed by atoms with Crippen molar-refractivity contribution in [3.63, 3.8) is 0 Å². The van der Waals surface area contributed by atoms with Gasteiger partial charge in [0, 0.05) is 6.08 Å². The summed E-state index contributed by atoms with van der Waals surface area (Å²) in [6, 6.07) is 13.2. The molecule has 2 aromatic rings. The molecule has 0 bridgehead atoms. The van der Waals surface area contributed by atoms with Crippen molar-refractivity contribution >= 4 is 24.2 Å². The van der Waals surface area contributed by atoms with E-state index in [0.29, 0.717) is 11.1 Å². The van der Waals surface area contributed by atoms with E-state index in [9.17, 15) is 14.0 Å². The number of nitrogens with zero attached hydrogens (tertiary/aromatic N) is 1. The van der Waals surface area contributed by atoms with E-state index >= 15 is 0 Å². The van der Waals surface area contributed by atoms with Gasteiger partial charge in [0.15, 0.2) is 0 Å². The van der Waals surface area contributed by atoms with Gasteiger partial charge in [0.1, 0.15) is 18.5 Å². The van der Waals surface area contributed by atoms with Gasteiger partial charge < -0.3 is 4.74 Å². The first-order chi connectivity index (χ1) is 12.6. The van der Waals surface area contributed by atoms with Gasteiger partial charge in [-0.1, -0.05) is 42.5 Å². The first-order valence-corrected chi connectivity index (χ1v) is 8.25. The molecule has 0 spiro atoms. The minimum atomic E-state index is -0.678. The zero-order valence-electron chi connectivity index (χ0n) is 14.3. The summed E-state index contributed by atoms with van der Waals surface area (Å²) in [5, 5.41) is 0. The summed E-state index contributed by atoms with van der Waals surface area (Å²) in [5.74, 6) is -0.895. The molecule has 0 N–H and O–H groups in total. The van der Waals surface area contributed by atoms with Crippen LogP contribution in [-0.2, 0) is 9.53 Å². The summed E-state index contributed by atoms with van der Waals surface area (Å²) in [5.41, 5.74) is 2.05. The number of benzene rings is 2. The molecule has 0 aliphatic carbocycles. The molecule has 0 saturated carbocycles. The molecule has 3 rings (SSSR count). The fourth-order valence-corrected chi connectivity index (χ4v) is 2.85. The molecule has 0 radical (unpaired) electrons. The maximum absolute atomic E-state index is 13.7. The average molecular weight is 351 g/mol. The van der Waals surface area contributed by atoms with Crippen molar-refractivity contribution in [2.75, 3.05) is 6.61 Å². The van der Waals surface area contributed by atoms with Crippen molar-refractivity contribution in [1.82, 2.24) is 4.90 Å². The molecular formula is C21H18FNO3. The number of ether oxygens (including phenoxy) is 1. The molecule has 132 valence electrons. The number of carbonyl (C=O) groups excluding carboxylic acids is 2. The SMILES string of the molecule is CC=Cc1cc(F)cc(C=CC(=O)N2C(=O)OCC2c2ccccc2)c1. The molecule has 1 unspecified atom stereocenters. The maximum Gasteiger partial charge on any atom is 0.417 e. The Morgan fingerprint density at radius 2 is 1.85 bits per heavy atom. The van der Waals surface area contributed by atoms with Gasteiger partial charge in [0.2, 0.25) is 0 Å². The summed E-state index contributed by atoms with van der Waals surface area (Å²) in [7, 11) is 0. The fourth-order valence-electron chi connectivity index (χ4n) is 2.85. The van der Waals surface area contributed by atoms with Crippen molar-refractivity contribution < 1.29 is 18.7 Å². The minimum absolute atomic E-state index is 0.119. The fraction of sp³-hybridized carbons (Fsp3) is 0.143. The highest BCUT2D eigenvalue weighted by molar-refractivity contribution is 6.02. The second kappa shape index (κ2) is 7.78. The average Bonchev–Trinajstić information content (AvgIpc) is 3.02. The third kappa shape index (κ3) is 3.88. The number of hydrogen-bond acceptors (Lipinski definition) is 3. The number of cyclic esters (lactones) is 1. The highest BCUT2D eigenvalue weighted by Crippen LogP contribution is 2.28. The summed E-state index contributed by atoms with van der Waals surface area (Å²) < 4.78 is 18.7. The van der Waals surface area contributed by atoms with Gasteiger partial charge in [-0.3, -0.25) is 4.79 Å². The van der Waals surface area contributed by atoms with Gasteiger partial charge in [-0.05, 0) is 47.9 Å². The van der Waals surface area contributed by atoms with Crippen LogP contribution in [-0.4, -0.2) is 23.5 Å². The minimum Gasteiger partial charge on any atom is -0.446 e. The van der Waals surface area contributed by atoms with Crippen LogP contribution in [0.25, 0.3) is 12.2 Å². The lowest BCUT2D eigenvalue weighted by molar-refractivity contribution is -0.124. The van der Waals surface area contributed by atoms with E-state index < -0.39 is 23.9 Å². The monoisotopic (exact) mass is 351 g/mol. The van der Waals surface area contributed by atoms with Gasteiger partial charge in [-0.2, -0.15) is 0 Å². The largest absolute Gasteiger partial charge is 0.446 e. The molecule has 4 nitrogen and oxygen atoms in total. The molecule has 26 heavy (non-hydrogen) atoms. The summed E-state index contributed by atoms with van der Waals surface area (Å²) in [6.07, 6.45) is 5.65. The number of rotatable bonds is 4. The van der Waals surface area contributed by atoms with Gasteiger partial charge >= 0.3 is 6.09 Å². The Kier molecular flexibility index (Phi) is 5.27. The topological polar surface area (TPSA) is 46.6 Å². The van der Waals surface area contributed by atoms with Crippen LogP contribution in [0.5, 0.6) is 0 Å². The number of amides is 2. The van der Waals surface area contributed by atoms with Crippen LogP contribution in [0.2, 0.25) is 0 Å². The lowest BCUT2D eigenvalue weighted by atomic mass is 10.1. The number of imide groups is 1. The van der Waals surface area contributed by atoms with Crippen molar-refractivity contribution in [3.8, 4) is 0 Å². The van der Waals surface area contributed by atoms with Crippen molar-refractivity contribution in [2.24, 2.45) is 0 Å². The van der Waals surface area contributed by atoms with Gasteiger partial charge in [-0.15, -0.1) is 0 Å². The number of allylic oxidation sites excluding steroid dienone is 1. The van der Waals surface area contributed by atoms with E-state index in [1.807, 2.05) is 37.3 Å². The standard InChI is InChI=1S/C21H18FNO3/c1-2-6-15-11-16(13-18(22)12-15)9-10-20(24)23-19(14-26-21(23)25)17-7-4-3-5-8-17/h2-13,19H,14H2,1H3. The lowest BCUT2D eigenvalue weighted by Gasteiger charge is -2.18. The molecule has 2 aromatic carbocycles. The quantitative estimate of drug-likeness (QED) is 0.757. The smallest absolute Gasteiger partial charge is 0.417 e. The zero-order chi connectivity index (χ0) is 18.5. The van der Waals surface area contributed by atoms with Crippen molar-refractivity contribution in [3.05, 3.63) is 83.2 Å². The van der Waals surface area contributed by atoms with Crippen molar-refractivity contribution in [1.29, 1.82) is 0 Å². The van der Waals surface area contributed by atoms with Gasteiger partial charge in [0.05, 0.1) is 0 Å². The van der Waals surface area contributed by atoms with Crippen LogP contribution in [0.1, 0.15) is 29.7 Å². The number of carbonyl (C=O) groups is 2. The van der Waals surface area contributed by atoms with Gasteiger partial charge in [-0.25, -0.2) is 14.1 Å². The Labute approximate surface area is 151 Å². The molecule has 1 aliphatic heterocycles. The first-order valence-electron chi connectivity index (χ1n) is 8.25. The van der Waals surface area contributed by atoms with E-state index in [2.05, 4.69) is 0 Å².